The molecule has 1 N–H and O–H groups in total. The number of rotatable bonds is 5. The molecule has 2 aromatic heterocycles. The van der Waals surface area contributed by atoms with Gasteiger partial charge in [0.2, 0.25) is 5.91 Å². The molecule has 9 heteroatoms. The van der Waals surface area contributed by atoms with Crippen molar-refractivity contribution in [1.29, 1.82) is 0 Å². The van der Waals surface area contributed by atoms with Crippen LogP contribution in [0.3, 0.4) is 0 Å². The molecule has 0 bridgehead atoms. The van der Waals surface area contributed by atoms with E-state index in [4.69, 9.17) is 0 Å². The molecule has 0 aliphatic carbocycles. The van der Waals surface area contributed by atoms with Crippen LogP contribution in [0.4, 0.5) is 11.4 Å². The van der Waals surface area contributed by atoms with Gasteiger partial charge in [-0.3, -0.25) is 14.9 Å². The number of thioether (sulfide) groups is 1. The Morgan fingerprint density at radius 1 is 1.18 bits per heavy atom. The Morgan fingerprint density at radius 3 is 2.54 bits per heavy atom. The van der Waals surface area contributed by atoms with Crippen molar-refractivity contribution in [3.63, 3.8) is 0 Å². The van der Waals surface area contributed by atoms with Crippen molar-refractivity contribution in [2.45, 2.75) is 39.6 Å². The zero-order valence-corrected chi connectivity index (χ0v) is 17.9. The second-order valence-corrected chi connectivity index (χ2v) is 8.75. The summed E-state index contributed by atoms with van der Waals surface area (Å²) < 4.78 is 0. The van der Waals surface area contributed by atoms with E-state index in [0.29, 0.717) is 5.82 Å². The number of aromatic nitrogens is 2. The zero-order chi connectivity index (χ0) is 20.6. The fraction of sp³-hybridized carbons (Fsp3) is 0.316. The zero-order valence-electron chi connectivity index (χ0n) is 16.2. The number of nitro benzene ring substituents is 1. The van der Waals surface area contributed by atoms with Crippen molar-refractivity contribution in [2.75, 3.05) is 11.1 Å². The van der Waals surface area contributed by atoms with Gasteiger partial charge in [0.1, 0.15) is 21.4 Å². The van der Waals surface area contributed by atoms with Crippen LogP contribution in [0.5, 0.6) is 0 Å². The van der Waals surface area contributed by atoms with Crippen molar-refractivity contribution in [1.82, 2.24) is 9.97 Å². The fourth-order valence-corrected chi connectivity index (χ4v) is 4.86. The summed E-state index contributed by atoms with van der Waals surface area (Å²) in [5.74, 6) is 0.441. The van der Waals surface area contributed by atoms with Crippen molar-refractivity contribution >= 4 is 50.6 Å². The van der Waals surface area contributed by atoms with E-state index >= 15 is 0 Å². The lowest BCUT2D eigenvalue weighted by atomic mass is 10.1. The lowest BCUT2D eigenvalue weighted by Gasteiger charge is -2.09. The van der Waals surface area contributed by atoms with Gasteiger partial charge in [0.15, 0.2) is 0 Å². The van der Waals surface area contributed by atoms with E-state index in [1.54, 1.807) is 24.3 Å². The summed E-state index contributed by atoms with van der Waals surface area (Å²) >= 11 is 2.93. The molecular weight excluding hydrogens is 396 g/mol. The van der Waals surface area contributed by atoms with Gasteiger partial charge >= 0.3 is 0 Å². The predicted molar refractivity (Wildman–Crippen MR) is 114 cm³/mol. The molecule has 0 aliphatic heterocycles. The van der Waals surface area contributed by atoms with Gasteiger partial charge in [-0.2, -0.15) is 0 Å². The number of nitrogens with one attached hydrogen (secondary N) is 1. The minimum atomic E-state index is -0.482. The smallest absolute Gasteiger partial charge is 0.293 e. The fourth-order valence-electron chi connectivity index (χ4n) is 2.79. The van der Waals surface area contributed by atoms with Gasteiger partial charge < -0.3 is 5.32 Å². The number of amides is 1. The monoisotopic (exact) mass is 416 g/mol. The van der Waals surface area contributed by atoms with Crippen LogP contribution in [0.25, 0.3) is 10.2 Å². The maximum atomic E-state index is 12.5. The Labute approximate surface area is 170 Å². The molecule has 146 valence electrons. The Kier molecular flexibility index (Phi) is 5.66. The first-order chi connectivity index (χ1) is 13.2. The molecule has 1 aromatic carbocycles. The number of benzene rings is 1. The van der Waals surface area contributed by atoms with Crippen LogP contribution in [-0.4, -0.2) is 26.6 Å². The Morgan fingerprint density at radius 2 is 1.86 bits per heavy atom. The number of thiophene rings is 1. The highest BCUT2D eigenvalue weighted by atomic mass is 32.2. The normalized spacial score (nSPS) is 11.0. The van der Waals surface area contributed by atoms with Crippen LogP contribution < -0.4 is 5.32 Å². The Bertz CT molecular complexity index is 1110. The minimum Gasteiger partial charge on any atom is -0.320 e. The molecular formula is C19H20N4O3S2. The molecule has 7 nitrogen and oxygen atoms in total. The van der Waals surface area contributed by atoms with E-state index in [0.717, 1.165) is 31.9 Å². The van der Waals surface area contributed by atoms with Crippen LogP contribution in [0.1, 0.15) is 27.4 Å². The number of anilines is 1. The van der Waals surface area contributed by atoms with Crippen molar-refractivity contribution < 1.29 is 9.72 Å². The number of hydrogen-bond acceptors (Lipinski definition) is 7. The first-order valence-corrected chi connectivity index (χ1v) is 10.4. The predicted octanol–water partition coefficient (Wildman–Crippen LogP) is 4.87. The van der Waals surface area contributed by atoms with Gasteiger partial charge in [-0.15, -0.1) is 11.3 Å². The molecule has 0 aliphatic rings. The molecule has 0 unspecified atom stereocenters. The highest BCUT2D eigenvalue weighted by Gasteiger charge is 2.19. The highest BCUT2D eigenvalue weighted by molar-refractivity contribution is 8.00. The van der Waals surface area contributed by atoms with Crippen LogP contribution in [0, 0.1) is 44.7 Å². The number of hydrogen-bond donors (Lipinski definition) is 1. The molecule has 0 fully saturated rings. The van der Waals surface area contributed by atoms with E-state index in [1.165, 1.54) is 22.7 Å². The van der Waals surface area contributed by atoms with Gasteiger partial charge in [0, 0.05) is 16.3 Å². The van der Waals surface area contributed by atoms with Crippen LogP contribution >= 0.6 is 23.1 Å². The number of carbonyl (C=O) groups is 1. The molecule has 0 atom stereocenters. The molecule has 0 spiro atoms. The van der Waals surface area contributed by atoms with Crippen LogP contribution in [-0.2, 0) is 4.79 Å². The second kappa shape index (κ2) is 7.84. The summed E-state index contributed by atoms with van der Waals surface area (Å²) in [6.07, 6.45) is 0. The molecule has 0 saturated carbocycles. The minimum absolute atomic E-state index is 0.101. The van der Waals surface area contributed by atoms with Gasteiger partial charge in [-0.1, -0.05) is 11.8 Å². The molecule has 2 heterocycles. The van der Waals surface area contributed by atoms with Crippen LogP contribution in [0.2, 0.25) is 0 Å². The summed E-state index contributed by atoms with van der Waals surface area (Å²) in [6, 6.07) is 3.11. The largest absolute Gasteiger partial charge is 0.320 e. The van der Waals surface area contributed by atoms with Gasteiger partial charge in [0.05, 0.1) is 10.7 Å². The second-order valence-electron chi connectivity index (χ2n) is 6.59. The Balaban J connectivity index is 1.82. The summed E-state index contributed by atoms with van der Waals surface area (Å²) in [4.78, 5) is 34.4. The number of fused-ring (bicyclic) bond motifs is 1. The molecule has 3 aromatic rings. The third-order valence-electron chi connectivity index (χ3n) is 4.53. The summed E-state index contributed by atoms with van der Waals surface area (Å²) in [5, 5.41) is 15.7. The van der Waals surface area contributed by atoms with Crippen molar-refractivity contribution in [2.24, 2.45) is 0 Å². The molecule has 1 amide bonds. The first kappa shape index (κ1) is 20.2. The highest BCUT2D eigenvalue weighted by Crippen LogP contribution is 2.35. The average molecular weight is 417 g/mol. The van der Waals surface area contributed by atoms with E-state index in [-0.39, 0.29) is 23.0 Å². The average Bonchev–Trinajstić information content (AvgIpc) is 2.89. The van der Waals surface area contributed by atoms with Gasteiger partial charge in [-0.25, -0.2) is 9.97 Å². The van der Waals surface area contributed by atoms with Crippen molar-refractivity contribution in [3.05, 3.63) is 49.6 Å². The molecule has 0 saturated heterocycles. The summed E-state index contributed by atoms with van der Waals surface area (Å²) in [6.45, 7) is 9.54. The third-order valence-corrected chi connectivity index (χ3v) is 6.61. The Hall–Kier alpha value is -2.52. The van der Waals surface area contributed by atoms with E-state index in [1.807, 2.05) is 27.7 Å². The van der Waals surface area contributed by atoms with Gasteiger partial charge in [0.25, 0.3) is 5.69 Å². The van der Waals surface area contributed by atoms with E-state index in [9.17, 15) is 14.9 Å². The lowest BCUT2D eigenvalue weighted by Crippen LogP contribution is -2.15. The number of aryl methyl sites for hydroxylation is 5. The summed E-state index contributed by atoms with van der Waals surface area (Å²) in [5.41, 5.74) is 2.91. The molecule has 3 rings (SSSR count). The quantitative estimate of drug-likeness (QED) is 0.276. The summed E-state index contributed by atoms with van der Waals surface area (Å²) in [7, 11) is 0. The maximum absolute atomic E-state index is 12.5. The molecule has 28 heavy (non-hydrogen) atoms. The van der Waals surface area contributed by atoms with E-state index in [2.05, 4.69) is 15.3 Å². The standard InChI is InChI=1S/C19H20N4O3S2/c1-9-6-14(15(23(25)26)7-10(9)2)22-16(24)8-27-18-17-11(3)12(4)28-19(17)21-13(5)20-18/h6-7H,8H2,1-5H3,(H,22,24). The van der Waals surface area contributed by atoms with Gasteiger partial charge in [-0.05, 0) is 57.4 Å². The maximum Gasteiger partial charge on any atom is 0.293 e. The lowest BCUT2D eigenvalue weighted by molar-refractivity contribution is -0.384. The van der Waals surface area contributed by atoms with Crippen molar-refractivity contribution in [3.8, 4) is 0 Å². The SMILES string of the molecule is Cc1nc(SCC(=O)Nc2cc(C)c(C)cc2[N+](=O)[O-])c2c(C)c(C)sc2n1. The topological polar surface area (TPSA) is 98.0 Å². The third kappa shape index (κ3) is 4.00. The molecule has 0 radical (unpaired) electrons. The van der Waals surface area contributed by atoms with E-state index < -0.39 is 4.92 Å². The number of nitrogens with zero attached hydrogens (tertiary/aromatic N) is 3. The number of nitro groups is 1. The first-order valence-electron chi connectivity index (χ1n) is 8.60. The number of carbonyl (C=O) groups excluding carboxylic acids is 1. The van der Waals surface area contributed by atoms with Crippen LogP contribution in [0.15, 0.2) is 17.2 Å².